The van der Waals surface area contributed by atoms with Crippen LogP contribution >= 0.6 is 0 Å². The van der Waals surface area contributed by atoms with E-state index in [2.05, 4.69) is 213 Å². The number of aromatic nitrogens is 2. The Bertz CT molecular complexity index is 3060. The monoisotopic (exact) mass is 779 g/mol. The Morgan fingerprint density at radius 1 is 0.817 bits per heavy atom. The minimum absolute atomic E-state index is 0.158. The van der Waals surface area contributed by atoms with Gasteiger partial charge in [0.05, 0.1) is 11.0 Å². The molecule has 1 atom stereocenters. The van der Waals surface area contributed by atoms with Crippen molar-refractivity contribution in [3.05, 3.63) is 185 Å². The summed E-state index contributed by atoms with van der Waals surface area (Å²) in [4.78, 5) is 2.43. The van der Waals surface area contributed by atoms with E-state index >= 15 is 0 Å². The van der Waals surface area contributed by atoms with Crippen LogP contribution in [0.1, 0.15) is 57.9 Å². The number of hydrogen-bond donors (Lipinski definition) is 0. The standard InChI is InChI=1S/C57H53N3/c1-8-20-46-48-30-27-42(51(10-3)57(6,7)39(5)34-56(48)59(52(46)11-4)44-21-14-12-15-22-44)35-43-38-58(33-9-2)53-31-28-40(36-49(43)53)41-29-32-55-50(37-41)47-25-18-19-26-54(47)60(55)45-23-16-13-17-24-45/h3,8-9,12-26,28-32,34-37,39H,2,11,27,33,38H2,1,4-7H3/b20-8-,43-35+,48-30-,51-42+,56-34+. The van der Waals surface area contributed by atoms with Crippen LogP contribution in [0.4, 0.5) is 5.69 Å². The molecule has 0 radical (unpaired) electrons. The molecule has 1 unspecified atom stereocenters. The topological polar surface area (TPSA) is 13.1 Å². The maximum atomic E-state index is 6.59. The largest absolute Gasteiger partial charge is 0.363 e. The van der Waals surface area contributed by atoms with Gasteiger partial charge in [0.2, 0.25) is 0 Å². The normalized spacial score (nSPS) is 19.2. The van der Waals surface area contributed by atoms with Gasteiger partial charge in [-0.3, -0.25) is 0 Å². The SMILES string of the molecule is C#C/C1=C(\C=C2/CN(CC=C)c3ccc(-c4ccc5c(c4)c4ccccc4n5-c4ccccc4)cc32)C/C=c2/c(/C=C\C)c(CC)n(-c3ccccc3)/c2=C/C(C)C1(C)C. The van der Waals surface area contributed by atoms with E-state index in [1.807, 2.05) is 6.08 Å². The molecule has 2 aromatic heterocycles. The fourth-order valence-corrected chi connectivity index (χ4v) is 9.73. The quantitative estimate of drug-likeness (QED) is 0.111. The van der Waals surface area contributed by atoms with E-state index < -0.39 is 0 Å². The highest BCUT2D eigenvalue weighted by Gasteiger charge is 2.32. The molecule has 0 N–H and O–H groups in total. The van der Waals surface area contributed by atoms with Gasteiger partial charge in [-0.25, -0.2) is 0 Å². The molecule has 3 nitrogen and oxygen atoms in total. The summed E-state index contributed by atoms with van der Waals surface area (Å²) in [5.74, 6) is 3.41. The molecule has 1 aliphatic heterocycles. The first-order valence-corrected chi connectivity index (χ1v) is 21.4. The van der Waals surface area contributed by atoms with Gasteiger partial charge in [-0.1, -0.05) is 137 Å². The van der Waals surface area contributed by atoms with Crippen LogP contribution < -0.4 is 15.5 Å². The number of para-hydroxylation sites is 3. The molecule has 0 fully saturated rings. The summed E-state index contributed by atoms with van der Waals surface area (Å²) in [5, 5.41) is 5.02. The highest BCUT2D eigenvalue weighted by atomic mass is 15.1. The van der Waals surface area contributed by atoms with Crippen LogP contribution in [0.25, 0.3) is 68.1 Å². The molecule has 0 saturated heterocycles. The van der Waals surface area contributed by atoms with Gasteiger partial charge in [0, 0.05) is 79.3 Å². The third kappa shape index (κ3) is 6.48. The van der Waals surface area contributed by atoms with Gasteiger partial charge in [0.1, 0.15) is 0 Å². The number of nitrogens with zero attached hydrogens (tertiary/aromatic N) is 3. The van der Waals surface area contributed by atoms with Gasteiger partial charge in [-0.2, -0.15) is 0 Å². The Morgan fingerprint density at radius 2 is 1.48 bits per heavy atom. The fourth-order valence-electron chi connectivity index (χ4n) is 9.73. The highest BCUT2D eigenvalue weighted by molar-refractivity contribution is 6.10. The van der Waals surface area contributed by atoms with Crippen molar-refractivity contribution in [1.82, 2.24) is 9.13 Å². The minimum Gasteiger partial charge on any atom is -0.363 e. The van der Waals surface area contributed by atoms with Crippen molar-refractivity contribution >= 4 is 51.3 Å². The maximum absolute atomic E-state index is 6.59. The minimum atomic E-state index is -0.298. The van der Waals surface area contributed by atoms with E-state index in [0.29, 0.717) is 0 Å². The molecule has 0 bridgehead atoms. The maximum Gasteiger partial charge on any atom is 0.0541 e. The molecular formula is C57H53N3. The Morgan fingerprint density at radius 3 is 2.18 bits per heavy atom. The Balaban J connectivity index is 1.21. The molecular weight excluding hydrogens is 727 g/mol. The highest BCUT2D eigenvalue weighted by Crippen LogP contribution is 2.43. The lowest BCUT2D eigenvalue weighted by molar-refractivity contribution is 0.367. The van der Waals surface area contributed by atoms with Gasteiger partial charge >= 0.3 is 0 Å². The molecule has 0 spiro atoms. The Labute approximate surface area is 355 Å². The van der Waals surface area contributed by atoms with Crippen LogP contribution in [0.15, 0.2) is 157 Å². The number of allylic oxidation sites excluding steroid dienone is 4. The third-order valence-corrected chi connectivity index (χ3v) is 13.0. The first kappa shape index (κ1) is 38.7. The van der Waals surface area contributed by atoms with E-state index in [4.69, 9.17) is 6.42 Å². The summed E-state index contributed by atoms with van der Waals surface area (Å²) >= 11 is 0. The average Bonchev–Trinajstić information content (AvgIpc) is 3.90. The molecule has 0 saturated carbocycles. The number of benzene rings is 5. The molecule has 3 heteroatoms. The van der Waals surface area contributed by atoms with E-state index in [0.717, 1.165) is 37.2 Å². The first-order valence-electron chi connectivity index (χ1n) is 21.4. The van der Waals surface area contributed by atoms with E-state index in [9.17, 15) is 0 Å². The van der Waals surface area contributed by atoms with Crippen molar-refractivity contribution in [2.75, 3.05) is 18.0 Å². The Hall–Kier alpha value is -6.76. The van der Waals surface area contributed by atoms with Gasteiger partial charge in [-0.05, 0) is 103 Å². The molecule has 5 aromatic carbocycles. The van der Waals surface area contributed by atoms with E-state index in [1.165, 1.54) is 82.8 Å². The number of terminal acetylenes is 1. The zero-order valence-corrected chi connectivity index (χ0v) is 35.5. The van der Waals surface area contributed by atoms with Crippen molar-refractivity contribution in [3.63, 3.8) is 0 Å². The van der Waals surface area contributed by atoms with Gasteiger partial charge in [0.25, 0.3) is 0 Å². The second kappa shape index (κ2) is 15.8. The second-order valence-electron chi connectivity index (χ2n) is 16.8. The van der Waals surface area contributed by atoms with E-state index in [-0.39, 0.29) is 11.3 Å². The van der Waals surface area contributed by atoms with Crippen molar-refractivity contribution in [2.45, 2.75) is 47.5 Å². The molecule has 3 heterocycles. The smallest absolute Gasteiger partial charge is 0.0541 e. The van der Waals surface area contributed by atoms with Crippen LogP contribution in [0.2, 0.25) is 0 Å². The number of anilines is 1. The molecule has 296 valence electrons. The summed E-state index contributed by atoms with van der Waals surface area (Å²) in [6.07, 6.45) is 22.0. The number of rotatable bonds is 8. The average molecular weight is 780 g/mol. The summed E-state index contributed by atoms with van der Waals surface area (Å²) in [5.41, 5.74) is 15.5. The van der Waals surface area contributed by atoms with Crippen molar-refractivity contribution in [3.8, 4) is 34.8 Å². The number of fused-ring (bicyclic) bond motifs is 5. The van der Waals surface area contributed by atoms with Crippen LogP contribution in [-0.2, 0) is 6.42 Å². The molecule has 9 rings (SSSR count). The Kier molecular flexibility index (Phi) is 10.2. The summed E-state index contributed by atoms with van der Waals surface area (Å²) in [7, 11) is 0. The predicted octanol–water partition coefficient (Wildman–Crippen LogP) is 12.5. The zero-order valence-electron chi connectivity index (χ0n) is 35.5. The lowest BCUT2D eigenvalue weighted by atomic mass is 9.71. The zero-order chi connectivity index (χ0) is 41.5. The summed E-state index contributed by atoms with van der Waals surface area (Å²) < 4.78 is 4.85. The molecule has 0 amide bonds. The fraction of sp³-hybridized carbons (Fsp3) is 0.193. The second-order valence-corrected chi connectivity index (χ2v) is 16.8. The molecule has 60 heavy (non-hydrogen) atoms. The van der Waals surface area contributed by atoms with Crippen molar-refractivity contribution < 1.29 is 0 Å². The van der Waals surface area contributed by atoms with Crippen LogP contribution in [0, 0.1) is 23.7 Å². The first-order chi connectivity index (χ1) is 29.3. The predicted molar refractivity (Wildman–Crippen MR) is 258 cm³/mol. The molecule has 2 aliphatic rings. The van der Waals surface area contributed by atoms with Crippen LogP contribution in [0.3, 0.4) is 0 Å². The van der Waals surface area contributed by atoms with Crippen LogP contribution in [-0.4, -0.2) is 22.2 Å². The number of hydrogen-bond acceptors (Lipinski definition) is 1. The summed E-state index contributed by atoms with van der Waals surface area (Å²) in [6, 6.07) is 44.1. The lowest BCUT2D eigenvalue weighted by Gasteiger charge is -2.32. The third-order valence-electron chi connectivity index (χ3n) is 13.0. The van der Waals surface area contributed by atoms with Crippen LogP contribution in [0.5, 0.6) is 0 Å². The lowest BCUT2D eigenvalue weighted by Crippen LogP contribution is -2.32. The van der Waals surface area contributed by atoms with Gasteiger partial charge < -0.3 is 14.0 Å². The summed E-state index contributed by atoms with van der Waals surface area (Å²) in [6.45, 7) is 17.1. The van der Waals surface area contributed by atoms with Crippen molar-refractivity contribution in [1.29, 1.82) is 0 Å². The van der Waals surface area contributed by atoms with E-state index in [1.54, 1.807) is 0 Å². The van der Waals surface area contributed by atoms with Gasteiger partial charge in [-0.15, -0.1) is 13.0 Å². The molecule has 7 aromatic rings. The van der Waals surface area contributed by atoms with Crippen molar-refractivity contribution in [2.24, 2.45) is 11.3 Å². The van der Waals surface area contributed by atoms with Gasteiger partial charge in [0.15, 0.2) is 0 Å². The molecule has 1 aliphatic carbocycles.